The van der Waals surface area contributed by atoms with Gasteiger partial charge in [0.1, 0.15) is 10.7 Å². The minimum absolute atomic E-state index is 0.0356. The fourth-order valence-electron chi connectivity index (χ4n) is 2.54. The van der Waals surface area contributed by atoms with Crippen LogP contribution in [0.5, 0.6) is 0 Å². The first-order chi connectivity index (χ1) is 11.8. The molecule has 0 saturated carbocycles. The van der Waals surface area contributed by atoms with Crippen LogP contribution in [-0.4, -0.2) is 31.3 Å². The number of rotatable bonds is 4. The number of anilines is 1. The molecule has 7 nitrogen and oxygen atoms in total. The van der Waals surface area contributed by atoms with Crippen molar-refractivity contribution < 1.29 is 14.7 Å². The van der Waals surface area contributed by atoms with Crippen molar-refractivity contribution in [3.05, 3.63) is 45.7 Å². The van der Waals surface area contributed by atoms with Crippen molar-refractivity contribution in [3.63, 3.8) is 0 Å². The van der Waals surface area contributed by atoms with Crippen LogP contribution in [0.3, 0.4) is 0 Å². The lowest BCUT2D eigenvalue weighted by molar-refractivity contribution is 0.0699. The second kappa shape index (κ2) is 6.38. The molecular formula is C16H15ClN4O3S. The van der Waals surface area contributed by atoms with Gasteiger partial charge in [0.05, 0.1) is 27.5 Å². The molecule has 0 saturated heterocycles. The maximum Gasteiger partial charge on any atom is 0.339 e. The smallest absolute Gasteiger partial charge is 0.339 e. The van der Waals surface area contributed by atoms with E-state index in [-0.39, 0.29) is 22.0 Å². The van der Waals surface area contributed by atoms with Crippen molar-refractivity contribution in [1.82, 2.24) is 14.3 Å². The molecule has 0 fully saturated rings. The summed E-state index contributed by atoms with van der Waals surface area (Å²) < 4.78 is 3.22. The van der Waals surface area contributed by atoms with E-state index < -0.39 is 11.9 Å². The number of carbonyl (C=O) groups is 2. The molecule has 3 aromatic rings. The Balaban J connectivity index is 2.00. The second-order valence-electron chi connectivity index (χ2n) is 5.54. The molecule has 3 aromatic heterocycles. The predicted octanol–water partition coefficient (Wildman–Crippen LogP) is 3.40. The lowest BCUT2D eigenvalue weighted by atomic mass is 10.1. The highest BCUT2D eigenvalue weighted by Gasteiger charge is 2.24. The molecule has 3 heterocycles. The Morgan fingerprint density at radius 1 is 1.36 bits per heavy atom. The highest BCUT2D eigenvalue weighted by Crippen LogP contribution is 2.36. The van der Waals surface area contributed by atoms with Crippen molar-refractivity contribution in [2.24, 2.45) is 14.1 Å². The summed E-state index contributed by atoms with van der Waals surface area (Å²) in [7, 11) is 3.46. The summed E-state index contributed by atoms with van der Waals surface area (Å²) in [4.78, 5) is 24.7. The molecule has 130 valence electrons. The first-order valence-corrected chi connectivity index (χ1v) is 8.53. The molecule has 2 N–H and O–H groups in total. The number of amides is 1. The average molecular weight is 379 g/mol. The third-order valence-electron chi connectivity index (χ3n) is 3.73. The van der Waals surface area contributed by atoms with E-state index in [1.54, 1.807) is 47.1 Å². The van der Waals surface area contributed by atoms with E-state index in [4.69, 9.17) is 11.6 Å². The quantitative estimate of drug-likeness (QED) is 0.728. The molecule has 0 radical (unpaired) electrons. The van der Waals surface area contributed by atoms with Crippen LogP contribution in [0, 0.1) is 6.92 Å². The minimum Gasteiger partial charge on any atom is -0.478 e. The van der Waals surface area contributed by atoms with Gasteiger partial charge in [0.2, 0.25) is 0 Å². The maximum atomic E-state index is 12.4. The lowest BCUT2D eigenvalue weighted by Gasteiger charge is -2.06. The number of aromatic carboxylic acids is 1. The van der Waals surface area contributed by atoms with E-state index in [2.05, 4.69) is 10.4 Å². The Kier molecular flexibility index (Phi) is 4.40. The van der Waals surface area contributed by atoms with Gasteiger partial charge in [0.25, 0.3) is 5.91 Å². The summed E-state index contributed by atoms with van der Waals surface area (Å²) in [5.41, 5.74) is 2.01. The first-order valence-electron chi connectivity index (χ1n) is 7.27. The zero-order valence-electron chi connectivity index (χ0n) is 13.7. The fraction of sp³-hybridized carbons (Fsp3) is 0.188. The van der Waals surface area contributed by atoms with Gasteiger partial charge in [0, 0.05) is 25.7 Å². The van der Waals surface area contributed by atoms with Crippen molar-refractivity contribution >= 4 is 40.5 Å². The van der Waals surface area contributed by atoms with E-state index in [0.29, 0.717) is 10.6 Å². The summed E-state index contributed by atoms with van der Waals surface area (Å²) in [5, 5.41) is 18.4. The summed E-state index contributed by atoms with van der Waals surface area (Å²) in [6.45, 7) is 1.83. The van der Waals surface area contributed by atoms with Crippen LogP contribution in [0.2, 0.25) is 5.15 Å². The molecule has 0 atom stereocenters. The van der Waals surface area contributed by atoms with Crippen LogP contribution in [0.15, 0.2) is 23.7 Å². The number of halogens is 1. The number of carbonyl (C=O) groups excluding carboxylic acids is 1. The Labute approximate surface area is 152 Å². The highest BCUT2D eigenvalue weighted by atomic mass is 35.5. The Morgan fingerprint density at radius 3 is 2.60 bits per heavy atom. The largest absolute Gasteiger partial charge is 0.478 e. The Hall–Kier alpha value is -2.58. The molecule has 1 amide bonds. The molecule has 3 rings (SSSR count). The van der Waals surface area contributed by atoms with Crippen molar-refractivity contribution in [2.45, 2.75) is 6.92 Å². The van der Waals surface area contributed by atoms with Crippen LogP contribution in [0.25, 0.3) is 10.6 Å². The third-order valence-corrected chi connectivity index (χ3v) is 5.20. The number of carboxylic acids is 1. The monoisotopic (exact) mass is 378 g/mol. The van der Waals surface area contributed by atoms with E-state index in [0.717, 1.165) is 5.69 Å². The van der Waals surface area contributed by atoms with E-state index >= 15 is 0 Å². The van der Waals surface area contributed by atoms with E-state index in [1.165, 1.54) is 11.3 Å². The Morgan fingerprint density at radius 2 is 2.08 bits per heavy atom. The van der Waals surface area contributed by atoms with Crippen molar-refractivity contribution in [1.29, 1.82) is 0 Å². The fourth-order valence-corrected chi connectivity index (χ4v) is 3.79. The lowest BCUT2D eigenvalue weighted by Crippen LogP contribution is -2.14. The van der Waals surface area contributed by atoms with Gasteiger partial charge in [-0.2, -0.15) is 5.10 Å². The van der Waals surface area contributed by atoms with Crippen molar-refractivity contribution in [2.75, 3.05) is 5.32 Å². The van der Waals surface area contributed by atoms with Crippen LogP contribution in [0.4, 0.5) is 5.69 Å². The molecule has 0 aliphatic rings. The zero-order valence-corrected chi connectivity index (χ0v) is 15.3. The number of aryl methyl sites for hydroxylation is 3. The van der Waals surface area contributed by atoms with Gasteiger partial charge in [-0.15, -0.1) is 11.3 Å². The molecule has 9 heteroatoms. The van der Waals surface area contributed by atoms with E-state index in [1.807, 2.05) is 6.92 Å². The number of hydrogen-bond acceptors (Lipinski definition) is 4. The van der Waals surface area contributed by atoms with Gasteiger partial charge in [0.15, 0.2) is 0 Å². The predicted molar refractivity (Wildman–Crippen MR) is 96.6 cm³/mol. The number of aromatic nitrogens is 3. The normalized spacial score (nSPS) is 10.9. The van der Waals surface area contributed by atoms with Gasteiger partial charge in [-0.25, -0.2) is 4.79 Å². The van der Waals surface area contributed by atoms with E-state index in [9.17, 15) is 14.7 Å². The van der Waals surface area contributed by atoms with Crippen LogP contribution < -0.4 is 5.32 Å². The highest BCUT2D eigenvalue weighted by molar-refractivity contribution is 7.14. The number of thiophene rings is 1. The molecular weight excluding hydrogens is 364 g/mol. The number of carboxylic acid groups (broad SMARTS) is 1. The third kappa shape index (κ3) is 3.06. The molecule has 0 aromatic carbocycles. The average Bonchev–Trinajstić information content (AvgIpc) is 3.18. The number of nitrogens with zero attached hydrogens (tertiary/aromatic N) is 3. The minimum atomic E-state index is -1.12. The van der Waals surface area contributed by atoms with Gasteiger partial charge < -0.3 is 15.0 Å². The van der Waals surface area contributed by atoms with Crippen LogP contribution in [0.1, 0.15) is 26.4 Å². The first kappa shape index (κ1) is 17.2. The van der Waals surface area contributed by atoms with Crippen LogP contribution >= 0.6 is 22.9 Å². The molecule has 25 heavy (non-hydrogen) atoms. The number of hydrogen-bond donors (Lipinski definition) is 2. The topological polar surface area (TPSA) is 89.1 Å². The summed E-state index contributed by atoms with van der Waals surface area (Å²) >= 11 is 7.31. The summed E-state index contributed by atoms with van der Waals surface area (Å²) in [5.74, 6) is -1.58. The molecule has 0 unspecified atom stereocenters. The molecule has 0 aliphatic carbocycles. The summed E-state index contributed by atoms with van der Waals surface area (Å²) in [6, 6.07) is 3.38. The SMILES string of the molecule is Cc1cc(-c2scc(NC(=O)c3ccn(C)c3Cl)c2C(=O)O)n(C)n1. The Bertz CT molecular complexity index is 986. The van der Waals surface area contributed by atoms with Gasteiger partial charge >= 0.3 is 5.97 Å². The van der Waals surface area contributed by atoms with Crippen molar-refractivity contribution in [3.8, 4) is 10.6 Å². The molecule has 0 aliphatic heterocycles. The maximum absolute atomic E-state index is 12.4. The van der Waals surface area contributed by atoms with Crippen LogP contribution in [-0.2, 0) is 14.1 Å². The van der Waals surface area contributed by atoms with Gasteiger partial charge in [-0.3, -0.25) is 9.48 Å². The molecule has 0 bridgehead atoms. The number of nitrogens with one attached hydrogen (secondary N) is 1. The standard InChI is InChI=1S/C16H15ClN4O3S/c1-8-6-11(21(3)19-8)13-12(16(23)24)10(7-25-13)18-15(22)9-4-5-20(2)14(9)17/h4-7H,1-3H3,(H,18,22)(H,23,24). The molecule has 0 spiro atoms. The van der Waals surface area contributed by atoms with Gasteiger partial charge in [-0.05, 0) is 19.1 Å². The summed E-state index contributed by atoms with van der Waals surface area (Å²) in [6.07, 6.45) is 1.66. The second-order valence-corrected chi connectivity index (χ2v) is 6.78. The van der Waals surface area contributed by atoms with Gasteiger partial charge in [-0.1, -0.05) is 11.6 Å². The zero-order chi connectivity index (χ0) is 18.3.